The van der Waals surface area contributed by atoms with Gasteiger partial charge in [0.25, 0.3) is 0 Å². The van der Waals surface area contributed by atoms with Crippen molar-refractivity contribution in [3.05, 3.63) is 22.7 Å². The molecular formula is C12H17BrN2O. The highest BCUT2D eigenvalue weighted by atomic mass is 79.9. The highest BCUT2D eigenvalue weighted by molar-refractivity contribution is 9.10. The lowest BCUT2D eigenvalue weighted by atomic mass is 10.1. The molecule has 1 unspecified atom stereocenters. The summed E-state index contributed by atoms with van der Waals surface area (Å²) in [5.74, 6) is 0.0453. The first kappa shape index (κ1) is 13.0. The minimum atomic E-state index is 0.0213. The first-order valence-corrected chi connectivity index (χ1v) is 6.19. The first-order chi connectivity index (χ1) is 7.54. The highest BCUT2D eigenvalue weighted by Gasteiger charge is 2.12. The van der Waals surface area contributed by atoms with Crippen LogP contribution in [0.2, 0.25) is 0 Å². The van der Waals surface area contributed by atoms with Crippen LogP contribution in [0.15, 0.2) is 22.7 Å². The van der Waals surface area contributed by atoms with Crippen molar-refractivity contribution in [2.24, 2.45) is 5.92 Å². The van der Waals surface area contributed by atoms with Gasteiger partial charge in [-0.15, -0.1) is 0 Å². The zero-order valence-electron chi connectivity index (χ0n) is 9.59. The standard InChI is InChI=1S/C12H17BrN2O/c1-3-4-8(2)12(16)15-11-6-5-9(13)7-10(11)14/h5-8H,3-4,14H2,1-2H3,(H,15,16). The molecule has 1 aromatic carbocycles. The van der Waals surface area contributed by atoms with Crippen LogP contribution >= 0.6 is 15.9 Å². The SMILES string of the molecule is CCCC(C)C(=O)Nc1ccc(Br)cc1N. The Kier molecular flexibility index (Phi) is 4.80. The van der Waals surface area contributed by atoms with E-state index in [1.165, 1.54) is 0 Å². The van der Waals surface area contributed by atoms with Crippen LogP contribution in [0.3, 0.4) is 0 Å². The van der Waals surface area contributed by atoms with Gasteiger partial charge in [0, 0.05) is 10.4 Å². The topological polar surface area (TPSA) is 55.1 Å². The molecule has 0 spiro atoms. The van der Waals surface area contributed by atoms with Crippen LogP contribution in [-0.4, -0.2) is 5.91 Å². The van der Waals surface area contributed by atoms with Crippen LogP contribution in [0.1, 0.15) is 26.7 Å². The molecule has 88 valence electrons. The second-order valence-electron chi connectivity index (χ2n) is 3.91. The number of hydrogen-bond donors (Lipinski definition) is 2. The lowest BCUT2D eigenvalue weighted by Gasteiger charge is -2.12. The van der Waals surface area contributed by atoms with Gasteiger partial charge in [0.1, 0.15) is 0 Å². The van der Waals surface area contributed by atoms with Gasteiger partial charge in [-0.05, 0) is 24.6 Å². The molecule has 0 fully saturated rings. The summed E-state index contributed by atoms with van der Waals surface area (Å²) in [6, 6.07) is 5.44. The maximum absolute atomic E-state index is 11.8. The third-order valence-corrected chi connectivity index (χ3v) is 2.93. The van der Waals surface area contributed by atoms with E-state index < -0.39 is 0 Å². The second kappa shape index (κ2) is 5.89. The molecule has 3 nitrogen and oxygen atoms in total. The summed E-state index contributed by atoms with van der Waals surface area (Å²) in [5, 5.41) is 2.84. The molecule has 0 saturated carbocycles. The van der Waals surface area contributed by atoms with Crippen LogP contribution in [-0.2, 0) is 4.79 Å². The summed E-state index contributed by atoms with van der Waals surface area (Å²) in [7, 11) is 0. The summed E-state index contributed by atoms with van der Waals surface area (Å²) < 4.78 is 0.907. The van der Waals surface area contributed by atoms with Gasteiger partial charge >= 0.3 is 0 Å². The van der Waals surface area contributed by atoms with Crippen molar-refractivity contribution in [3.63, 3.8) is 0 Å². The van der Waals surface area contributed by atoms with Crippen molar-refractivity contribution >= 4 is 33.2 Å². The average Bonchev–Trinajstić information content (AvgIpc) is 2.22. The van der Waals surface area contributed by atoms with Crippen molar-refractivity contribution in [2.75, 3.05) is 11.1 Å². The Morgan fingerprint density at radius 2 is 2.25 bits per heavy atom. The summed E-state index contributed by atoms with van der Waals surface area (Å²) in [6.07, 6.45) is 1.90. The van der Waals surface area contributed by atoms with E-state index in [1.807, 2.05) is 13.0 Å². The predicted octanol–water partition coefficient (Wildman–Crippen LogP) is 3.41. The number of carbonyl (C=O) groups is 1. The number of hydrogen-bond acceptors (Lipinski definition) is 2. The number of rotatable bonds is 4. The number of nitrogen functional groups attached to an aromatic ring is 1. The van der Waals surface area contributed by atoms with Gasteiger partial charge in [-0.25, -0.2) is 0 Å². The third kappa shape index (κ3) is 3.52. The number of halogens is 1. The Hall–Kier alpha value is -1.03. The molecule has 0 aliphatic heterocycles. The Balaban J connectivity index is 2.69. The molecule has 3 N–H and O–H groups in total. The highest BCUT2D eigenvalue weighted by Crippen LogP contribution is 2.23. The quantitative estimate of drug-likeness (QED) is 0.833. The minimum Gasteiger partial charge on any atom is -0.397 e. The third-order valence-electron chi connectivity index (χ3n) is 2.44. The van der Waals surface area contributed by atoms with Crippen LogP contribution in [0.25, 0.3) is 0 Å². The zero-order valence-corrected chi connectivity index (χ0v) is 11.2. The van der Waals surface area contributed by atoms with Gasteiger partial charge in [0.05, 0.1) is 11.4 Å². The molecule has 1 rings (SSSR count). The van der Waals surface area contributed by atoms with E-state index in [0.717, 1.165) is 17.3 Å². The van der Waals surface area contributed by atoms with Gasteiger partial charge in [-0.3, -0.25) is 4.79 Å². The molecule has 0 saturated heterocycles. The van der Waals surface area contributed by atoms with E-state index in [2.05, 4.69) is 28.2 Å². The Morgan fingerprint density at radius 3 is 2.81 bits per heavy atom. The van der Waals surface area contributed by atoms with Crippen molar-refractivity contribution < 1.29 is 4.79 Å². The maximum atomic E-state index is 11.8. The molecule has 0 aliphatic carbocycles. The van der Waals surface area contributed by atoms with Gasteiger partial charge < -0.3 is 11.1 Å². The average molecular weight is 285 g/mol. The monoisotopic (exact) mass is 284 g/mol. The normalized spacial score (nSPS) is 12.2. The largest absolute Gasteiger partial charge is 0.397 e. The number of amides is 1. The van der Waals surface area contributed by atoms with Crippen molar-refractivity contribution in [3.8, 4) is 0 Å². The van der Waals surface area contributed by atoms with Crippen LogP contribution in [0, 0.1) is 5.92 Å². The molecule has 1 atom stereocenters. The lowest BCUT2D eigenvalue weighted by Crippen LogP contribution is -2.20. The van der Waals surface area contributed by atoms with E-state index in [0.29, 0.717) is 11.4 Å². The molecule has 0 aliphatic rings. The number of anilines is 2. The Bertz CT molecular complexity index is 379. The fourth-order valence-corrected chi connectivity index (χ4v) is 1.85. The first-order valence-electron chi connectivity index (χ1n) is 5.40. The van der Waals surface area contributed by atoms with E-state index in [4.69, 9.17) is 5.73 Å². The smallest absolute Gasteiger partial charge is 0.227 e. The lowest BCUT2D eigenvalue weighted by molar-refractivity contribution is -0.119. The molecule has 0 aromatic heterocycles. The van der Waals surface area contributed by atoms with Gasteiger partial charge in [0.2, 0.25) is 5.91 Å². The maximum Gasteiger partial charge on any atom is 0.227 e. The minimum absolute atomic E-state index is 0.0213. The van der Waals surface area contributed by atoms with Crippen molar-refractivity contribution in [2.45, 2.75) is 26.7 Å². The molecule has 1 aromatic rings. The van der Waals surface area contributed by atoms with E-state index in [-0.39, 0.29) is 11.8 Å². The fraction of sp³-hybridized carbons (Fsp3) is 0.417. The summed E-state index contributed by atoms with van der Waals surface area (Å²) in [5.41, 5.74) is 7.05. The number of nitrogens with two attached hydrogens (primary N) is 1. The van der Waals surface area contributed by atoms with Crippen molar-refractivity contribution in [1.29, 1.82) is 0 Å². The molecule has 16 heavy (non-hydrogen) atoms. The van der Waals surface area contributed by atoms with Gasteiger partial charge in [0.15, 0.2) is 0 Å². The van der Waals surface area contributed by atoms with E-state index in [9.17, 15) is 4.79 Å². The number of benzene rings is 1. The fourth-order valence-electron chi connectivity index (χ4n) is 1.47. The summed E-state index contributed by atoms with van der Waals surface area (Å²) in [4.78, 5) is 11.8. The molecule has 1 amide bonds. The number of carbonyl (C=O) groups excluding carboxylic acids is 1. The Labute approximate surface area is 105 Å². The van der Waals surface area contributed by atoms with Crippen LogP contribution in [0.4, 0.5) is 11.4 Å². The summed E-state index contributed by atoms with van der Waals surface area (Å²) >= 11 is 3.32. The Morgan fingerprint density at radius 1 is 1.56 bits per heavy atom. The molecule has 0 bridgehead atoms. The molecule has 0 radical (unpaired) electrons. The number of nitrogens with one attached hydrogen (secondary N) is 1. The zero-order chi connectivity index (χ0) is 12.1. The molecule has 4 heteroatoms. The predicted molar refractivity (Wildman–Crippen MR) is 71.3 cm³/mol. The van der Waals surface area contributed by atoms with E-state index >= 15 is 0 Å². The molecular weight excluding hydrogens is 268 g/mol. The van der Waals surface area contributed by atoms with Gasteiger partial charge in [-0.2, -0.15) is 0 Å². The van der Waals surface area contributed by atoms with E-state index in [1.54, 1.807) is 12.1 Å². The molecule has 0 heterocycles. The van der Waals surface area contributed by atoms with Crippen LogP contribution in [0.5, 0.6) is 0 Å². The second-order valence-corrected chi connectivity index (χ2v) is 4.83. The summed E-state index contributed by atoms with van der Waals surface area (Å²) in [6.45, 7) is 3.99. The van der Waals surface area contributed by atoms with Crippen LogP contribution < -0.4 is 11.1 Å². The van der Waals surface area contributed by atoms with Crippen molar-refractivity contribution in [1.82, 2.24) is 0 Å². The van der Waals surface area contributed by atoms with Gasteiger partial charge in [-0.1, -0.05) is 36.2 Å².